The summed E-state index contributed by atoms with van der Waals surface area (Å²) in [5.74, 6) is -0.0451. The summed E-state index contributed by atoms with van der Waals surface area (Å²) in [6, 6.07) is 18.0. The van der Waals surface area contributed by atoms with E-state index >= 15 is 0 Å². The number of carbonyl (C=O) groups excluding carboxylic acids is 1. The molecular weight excluding hydrogens is 296 g/mol. The zero-order chi connectivity index (χ0) is 17.1. The van der Waals surface area contributed by atoms with E-state index in [2.05, 4.69) is 31.3 Å². The van der Waals surface area contributed by atoms with Gasteiger partial charge in [0, 0.05) is 17.0 Å². The number of rotatable bonds is 4. The van der Waals surface area contributed by atoms with Gasteiger partial charge in [0.2, 0.25) is 0 Å². The second kappa shape index (κ2) is 6.83. The number of aryl methyl sites for hydroxylation is 1. The van der Waals surface area contributed by atoms with E-state index < -0.39 is 0 Å². The normalized spacial score (nSPS) is 12.1. The summed E-state index contributed by atoms with van der Waals surface area (Å²) in [6.45, 7) is 6.14. The topological polar surface area (TPSA) is 42.0 Å². The Kier molecular flexibility index (Phi) is 4.61. The van der Waals surface area contributed by atoms with Crippen molar-refractivity contribution in [2.75, 3.05) is 0 Å². The highest BCUT2D eigenvalue weighted by Gasteiger charge is 2.15. The number of hydrogen-bond donors (Lipinski definition) is 1. The van der Waals surface area contributed by atoms with Crippen molar-refractivity contribution in [1.29, 1.82) is 0 Å². The number of nitrogens with one attached hydrogen (secondary N) is 1. The molecule has 1 heterocycles. The van der Waals surface area contributed by atoms with Crippen LogP contribution < -0.4 is 5.32 Å². The van der Waals surface area contributed by atoms with Gasteiger partial charge in [-0.15, -0.1) is 0 Å². The molecule has 2 aromatic carbocycles. The van der Waals surface area contributed by atoms with Gasteiger partial charge in [0.05, 0.1) is 16.8 Å². The molecule has 0 fully saturated rings. The molecule has 0 saturated heterocycles. The molecule has 1 N–H and O–H groups in total. The second-order valence-electron chi connectivity index (χ2n) is 6.22. The molecule has 1 amide bonds. The molecule has 3 nitrogen and oxygen atoms in total. The zero-order valence-corrected chi connectivity index (χ0v) is 14.3. The summed E-state index contributed by atoms with van der Waals surface area (Å²) in [7, 11) is 0. The van der Waals surface area contributed by atoms with Crippen molar-refractivity contribution in [2.24, 2.45) is 0 Å². The fourth-order valence-electron chi connectivity index (χ4n) is 2.64. The van der Waals surface area contributed by atoms with Gasteiger partial charge in [-0.1, -0.05) is 55.0 Å². The van der Waals surface area contributed by atoms with E-state index in [1.807, 2.05) is 49.4 Å². The Bertz CT molecular complexity index is 869. The third-order valence-electron chi connectivity index (χ3n) is 4.30. The van der Waals surface area contributed by atoms with E-state index in [-0.39, 0.29) is 11.9 Å². The summed E-state index contributed by atoms with van der Waals surface area (Å²) in [5.41, 5.74) is 4.56. The quantitative estimate of drug-likeness (QED) is 0.755. The number of carbonyl (C=O) groups is 1. The highest BCUT2D eigenvalue weighted by molar-refractivity contribution is 6.07. The van der Waals surface area contributed by atoms with E-state index in [1.165, 1.54) is 5.56 Å². The molecule has 0 aliphatic rings. The van der Waals surface area contributed by atoms with Crippen LogP contribution >= 0.6 is 0 Å². The molecule has 0 bridgehead atoms. The van der Waals surface area contributed by atoms with E-state index in [1.54, 1.807) is 0 Å². The monoisotopic (exact) mass is 318 g/mol. The number of pyridine rings is 1. The van der Waals surface area contributed by atoms with Crippen LogP contribution in [-0.4, -0.2) is 16.9 Å². The van der Waals surface area contributed by atoms with E-state index in [0.717, 1.165) is 28.6 Å². The number of benzene rings is 2. The van der Waals surface area contributed by atoms with Crippen LogP contribution in [0, 0.1) is 6.92 Å². The minimum Gasteiger partial charge on any atom is -0.350 e. The lowest BCUT2D eigenvalue weighted by atomic mass is 10.0. The van der Waals surface area contributed by atoms with Gasteiger partial charge in [-0.3, -0.25) is 4.79 Å². The molecule has 0 unspecified atom stereocenters. The summed E-state index contributed by atoms with van der Waals surface area (Å²) >= 11 is 0. The Hall–Kier alpha value is -2.68. The number of amides is 1. The number of aromatic nitrogens is 1. The first-order valence-electron chi connectivity index (χ1n) is 8.36. The van der Waals surface area contributed by atoms with Gasteiger partial charge in [0.25, 0.3) is 5.91 Å². The molecule has 1 aromatic heterocycles. The van der Waals surface area contributed by atoms with Crippen molar-refractivity contribution in [3.8, 4) is 11.3 Å². The first-order valence-corrected chi connectivity index (χ1v) is 8.36. The van der Waals surface area contributed by atoms with Crippen molar-refractivity contribution in [3.05, 3.63) is 65.7 Å². The molecule has 3 aromatic rings. The predicted molar refractivity (Wildman–Crippen MR) is 99.1 cm³/mol. The van der Waals surface area contributed by atoms with Crippen LogP contribution in [0.5, 0.6) is 0 Å². The fraction of sp³-hybridized carbons (Fsp3) is 0.238. The maximum Gasteiger partial charge on any atom is 0.252 e. The first kappa shape index (κ1) is 16.2. The largest absolute Gasteiger partial charge is 0.350 e. The average molecular weight is 318 g/mol. The van der Waals surface area contributed by atoms with Crippen LogP contribution in [0.1, 0.15) is 36.2 Å². The minimum absolute atomic E-state index is 0.0451. The summed E-state index contributed by atoms with van der Waals surface area (Å²) in [5, 5.41) is 3.94. The molecule has 0 aliphatic heterocycles. The Morgan fingerprint density at radius 2 is 1.83 bits per heavy atom. The van der Waals surface area contributed by atoms with Crippen LogP contribution in [-0.2, 0) is 0 Å². The number of para-hydroxylation sites is 1. The third kappa shape index (κ3) is 3.30. The predicted octanol–water partition coefficient (Wildman–Crippen LogP) is 4.74. The van der Waals surface area contributed by atoms with Crippen LogP contribution in [0.25, 0.3) is 22.2 Å². The minimum atomic E-state index is -0.0451. The van der Waals surface area contributed by atoms with Gasteiger partial charge in [-0.05, 0) is 32.4 Å². The molecular formula is C21H22N2O. The lowest BCUT2D eigenvalue weighted by Crippen LogP contribution is -2.32. The maximum absolute atomic E-state index is 12.7. The van der Waals surface area contributed by atoms with Crippen LogP contribution in [0.2, 0.25) is 0 Å². The SMILES string of the molecule is CC[C@H](C)NC(=O)c1cc(-c2ccc(C)cc2)nc2ccccc12. The average Bonchev–Trinajstić information content (AvgIpc) is 2.61. The van der Waals surface area contributed by atoms with Gasteiger partial charge in [0.15, 0.2) is 0 Å². The lowest BCUT2D eigenvalue weighted by Gasteiger charge is -2.14. The first-order chi connectivity index (χ1) is 11.6. The van der Waals surface area contributed by atoms with Crippen molar-refractivity contribution in [1.82, 2.24) is 10.3 Å². The molecule has 24 heavy (non-hydrogen) atoms. The third-order valence-corrected chi connectivity index (χ3v) is 4.30. The van der Waals surface area contributed by atoms with Crippen molar-refractivity contribution >= 4 is 16.8 Å². The van der Waals surface area contributed by atoms with Crippen LogP contribution in [0.4, 0.5) is 0 Å². The molecule has 0 saturated carbocycles. The van der Waals surface area contributed by atoms with E-state index in [9.17, 15) is 4.79 Å². The van der Waals surface area contributed by atoms with Crippen molar-refractivity contribution in [2.45, 2.75) is 33.2 Å². The number of fused-ring (bicyclic) bond motifs is 1. The zero-order valence-electron chi connectivity index (χ0n) is 14.3. The maximum atomic E-state index is 12.7. The summed E-state index contributed by atoms with van der Waals surface area (Å²) in [6.07, 6.45) is 0.902. The van der Waals surface area contributed by atoms with Crippen LogP contribution in [0.3, 0.4) is 0 Å². The Morgan fingerprint density at radius 1 is 1.12 bits per heavy atom. The molecule has 1 atom stereocenters. The summed E-state index contributed by atoms with van der Waals surface area (Å²) in [4.78, 5) is 17.5. The molecule has 0 spiro atoms. The van der Waals surface area contributed by atoms with E-state index in [4.69, 9.17) is 4.98 Å². The number of hydrogen-bond acceptors (Lipinski definition) is 2. The van der Waals surface area contributed by atoms with Gasteiger partial charge in [0.1, 0.15) is 0 Å². The van der Waals surface area contributed by atoms with Crippen LogP contribution in [0.15, 0.2) is 54.6 Å². The van der Waals surface area contributed by atoms with Gasteiger partial charge >= 0.3 is 0 Å². The molecule has 0 radical (unpaired) electrons. The molecule has 122 valence electrons. The standard InChI is InChI=1S/C21H22N2O/c1-4-15(3)22-21(24)18-13-20(16-11-9-14(2)10-12-16)23-19-8-6-5-7-17(18)19/h5-13,15H,4H2,1-3H3,(H,22,24)/t15-/m0/s1. The highest BCUT2D eigenvalue weighted by Crippen LogP contribution is 2.25. The molecule has 0 aliphatic carbocycles. The van der Waals surface area contributed by atoms with Gasteiger partial charge < -0.3 is 5.32 Å². The van der Waals surface area contributed by atoms with Gasteiger partial charge in [-0.25, -0.2) is 4.98 Å². The summed E-state index contributed by atoms with van der Waals surface area (Å²) < 4.78 is 0. The molecule has 3 rings (SSSR count). The molecule has 3 heteroatoms. The lowest BCUT2D eigenvalue weighted by molar-refractivity contribution is 0.0941. The highest BCUT2D eigenvalue weighted by atomic mass is 16.1. The Morgan fingerprint density at radius 3 is 2.54 bits per heavy atom. The van der Waals surface area contributed by atoms with Crippen molar-refractivity contribution in [3.63, 3.8) is 0 Å². The smallest absolute Gasteiger partial charge is 0.252 e. The fourth-order valence-corrected chi connectivity index (χ4v) is 2.64. The van der Waals surface area contributed by atoms with Crippen molar-refractivity contribution < 1.29 is 4.79 Å². The number of nitrogens with zero attached hydrogens (tertiary/aromatic N) is 1. The Labute approximate surface area is 142 Å². The van der Waals surface area contributed by atoms with E-state index in [0.29, 0.717) is 5.56 Å². The second-order valence-corrected chi connectivity index (χ2v) is 6.22. The Balaban J connectivity index is 2.12. The van der Waals surface area contributed by atoms with Gasteiger partial charge in [-0.2, -0.15) is 0 Å².